The Morgan fingerprint density at radius 2 is 0.912 bits per heavy atom. The van der Waals surface area contributed by atoms with Gasteiger partial charge in [0.15, 0.2) is 6.04 Å². The van der Waals surface area contributed by atoms with E-state index in [1.54, 1.807) is 0 Å². The van der Waals surface area contributed by atoms with Crippen molar-refractivity contribution in [2.45, 2.75) is 225 Å². The van der Waals surface area contributed by atoms with Crippen molar-refractivity contribution >= 4 is 25.7 Å². The zero-order valence-corrected chi connectivity index (χ0v) is 37.0. The largest absolute Gasteiger partial charge is 0.480 e. The number of hydrogen-bond donors (Lipinski definition) is 4. The van der Waals surface area contributed by atoms with Crippen LogP contribution in [0.5, 0.6) is 0 Å². The first-order valence-corrected chi connectivity index (χ1v) is 24.4. The molecule has 0 aromatic heterocycles. The zero-order chi connectivity index (χ0) is 42.1. The van der Waals surface area contributed by atoms with E-state index < -0.39 is 57.6 Å². The first kappa shape index (κ1) is 55.0. The van der Waals surface area contributed by atoms with Crippen LogP contribution >= 0.6 is 7.82 Å². The van der Waals surface area contributed by atoms with Gasteiger partial charge in [-0.25, -0.2) is 9.36 Å². The molecule has 11 nitrogen and oxygen atoms in total. The lowest BCUT2D eigenvalue weighted by molar-refractivity contribution is -0.147. The number of hydrogen-bond acceptors (Lipinski definition) is 8. The number of phosphoric acid groups is 1. The SMILES string of the molecule is CCCCCCCC/C=C\CCCCCCCC(=O)OCC(O)COP(=O)(O)OCC(NC(=O)CCCCCCCCC/C=C\CCCCCCCCC)C(=O)O. The molecule has 0 aliphatic heterocycles. The van der Waals surface area contributed by atoms with Gasteiger partial charge < -0.3 is 25.2 Å². The molecule has 57 heavy (non-hydrogen) atoms. The van der Waals surface area contributed by atoms with Gasteiger partial charge in [0.1, 0.15) is 12.7 Å². The Hall–Kier alpha value is -2.04. The number of rotatable bonds is 43. The van der Waals surface area contributed by atoms with Crippen molar-refractivity contribution in [3.05, 3.63) is 24.3 Å². The summed E-state index contributed by atoms with van der Waals surface area (Å²) < 4.78 is 26.8. The van der Waals surface area contributed by atoms with Crippen LogP contribution in [0, 0.1) is 0 Å². The maximum absolute atomic E-state index is 12.3. The molecule has 0 aliphatic carbocycles. The molecule has 0 heterocycles. The second kappa shape index (κ2) is 40.7. The number of aliphatic hydroxyl groups excluding tert-OH is 1. The third-order valence-electron chi connectivity index (χ3n) is 9.96. The molecule has 0 rings (SSSR count). The number of esters is 1. The number of nitrogens with one attached hydrogen (secondary N) is 1. The number of carbonyl (C=O) groups is 3. The highest BCUT2D eigenvalue weighted by Gasteiger charge is 2.28. The summed E-state index contributed by atoms with van der Waals surface area (Å²) in [4.78, 5) is 45.9. The minimum atomic E-state index is -4.76. The number of aliphatic hydroxyl groups is 1. The van der Waals surface area contributed by atoms with Crippen LogP contribution in [0.15, 0.2) is 24.3 Å². The van der Waals surface area contributed by atoms with Crippen LogP contribution in [0.25, 0.3) is 0 Å². The van der Waals surface area contributed by atoms with Crippen LogP contribution in [0.3, 0.4) is 0 Å². The van der Waals surface area contributed by atoms with Crippen molar-refractivity contribution in [2.24, 2.45) is 0 Å². The van der Waals surface area contributed by atoms with E-state index in [1.807, 2.05) is 0 Å². The van der Waals surface area contributed by atoms with Crippen LogP contribution in [0.2, 0.25) is 0 Å². The van der Waals surface area contributed by atoms with Crippen molar-refractivity contribution in [3.8, 4) is 0 Å². The van der Waals surface area contributed by atoms with Gasteiger partial charge in [-0.1, -0.05) is 160 Å². The van der Waals surface area contributed by atoms with Crippen molar-refractivity contribution in [1.82, 2.24) is 5.32 Å². The molecule has 1 amide bonds. The lowest BCUT2D eigenvalue weighted by atomic mass is 10.1. The number of amides is 1. The molecule has 12 heteroatoms. The lowest BCUT2D eigenvalue weighted by Crippen LogP contribution is -2.43. The second-order valence-corrected chi connectivity index (χ2v) is 17.0. The molecular formula is C45H84NO10P. The van der Waals surface area contributed by atoms with Crippen molar-refractivity contribution in [3.63, 3.8) is 0 Å². The number of carboxylic acid groups (broad SMARTS) is 1. The van der Waals surface area contributed by atoms with Gasteiger partial charge in [0, 0.05) is 12.8 Å². The number of allylic oxidation sites excluding steroid dienone is 4. The molecule has 0 spiro atoms. The van der Waals surface area contributed by atoms with Gasteiger partial charge in [0.05, 0.1) is 13.2 Å². The standard InChI is InChI=1S/C45H84NO10P/c1-3-5-7-9-11-13-15-17-19-20-21-23-24-26-28-30-32-34-36-43(48)46-42(45(50)51)40-56-57(52,53)55-39-41(47)38-54-44(49)37-35-33-31-29-27-25-22-18-16-14-12-10-8-6-4-2/h18-20,22,41-42,47H,3-17,21,23-40H2,1-2H3,(H,46,48)(H,50,51)(H,52,53)/b20-19-,22-18-. The lowest BCUT2D eigenvalue weighted by Gasteiger charge is -2.18. The highest BCUT2D eigenvalue weighted by molar-refractivity contribution is 7.47. The number of phosphoric ester groups is 1. The predicted molar refractivity (Wildman–Crippen MR) is 231 cm³/mol. The maximum atomic E-state index is 12.3. The molecule has 3 unspecified atom stereocenters. The average molecular weight is 830 g/mol. The molecule has 334 valence electrons. The van der Waals surface area contributed by atoms with E-state index >= 15 is 0 Å². The zero-order valence-electron chi connectivity index (χ0n) is 36.2. The molecular weight excluding hydrogens is 745 g/mol. The van der Waals surface area contributed by atoms with E-state index in [4.69, 9.17) is 13.8 Å². The quantitative estimate of drug-likeness (QED) is 0.0201. The smallest absolute Gasteiger partial charge is 0.472 e. The van der Waals surface area contributed by atoms with Crippen LogP contribution in [0.1, 0.15) is 213 Å². The molecule has 0 aromatic carbocycles. The van der Waals surface area contributed by atoms with Crippen LogP contribution < -0.4 is 5.32 Å². The third kappa shape index (κ3) is 40.5. The van der Waals surface area contributed by atoms with E-state index in [2.05, 4.69) is 43.5 Å². The van der Waals surface area contributed by atoms with Gasteiger partial charge in [-0.2, -0.15) is 0 Å². The predicted octanol–water partition coefficient (Wildman–Crippen LogP) is 11.8. The summed E-state index contributed by atoms with van der Waals surface area (Å²) >= 11 is 0. The molecule has 0 saturated carbocycles. The van der Waals surface area contributed by atoms with Gasteiger partial charge >= 0.3 is 19.8 Å². The first-order valence-electron chi connectivity index (χ1n) is 22.9. The first-order chi connectivity index (χ1) is 27.6. The van der Waals surface area contributed by atoms with E-state index in [0.717, 1.165) is 70.6 Å². The van der Waals surface area contributed by atoms with Gasteiger partial charge in [0.25, 0.3) is 0 Å². The Balaban J connectivity index is 3.89. The minimum absolute atomic E-state index is 0.142. The highest BCUT2D eigenvalue weighted by atomic mass is 31.2. The van der Waals surface area contributed by atoms with Crippen LogP contribution in [-0.4, -0.2) is 64.9 Å². The Labute approximate surface area is 347 Å². The number of unbranched alkanes of at least 4 members (excludes halogenated alkanes) is 25. The van der Waals surface area contributed by atoms with E-state index in [1.165, 1.54) is 103 Å². The molecule has 0 aliphatic rings. The van der Waals surface area contributed by atoms with Crippen molar-refractivity contribution < 1.29 is 47.8 Å². The second-order valence-electron chi connectivity index (χ2n) is 15.6. The minimum Gasteiger partial charge on any atom is -0.480 e. The molecule has 0 fully saturated rings. The summed E-state index contributed by atoms with van der Waals surface area (Å²) in [6.07, 6.45) is 42.0. The Bertz CT molecular complexity index is 1070. The Morgan fingerprint density at radius 1 is 0.544 bits per heavy atom. The maximum Gasteiger partial charge on any atom is 0.472 e. The number of carboxylic acids is 1. The molecule has 0 saturated heterocycles. The van der Waals surface area contributed by atoms with E-state index in [0.29, 0.717) is 12.8 Å². The number of carbonyl (C=O) groups excluding carboxylic acids is 2. The van der Waals surface area contributed by atoms with Gasteiger partial charge in [-0.15, -0.1) is 0 Å². The molecule has 0 radical (unpaired) electrons. The fourth-order valence-electron chi connectivity index (χ4n) is 6.36. The molecule has 0 bridgehead atoms. The van der Waals surface area contributed by atoms with Gasteiger partial charge in [-0.3, -0.25) is 18.6 Å². The summed E-state index contributed by atoms with van der Waals surface area (Å²) in [5.74, 6) is -2.38. The summed E-state index contributed by atoms with van der Waals surface area (Å²) in [6, 6.07) is -1.55. The van der Waals surface area contributed by atoms with Gasteiger partial charge in [0.2, 0.25) is 5.91 Å². The Morgan fingerprint density at radius 3 is 1.33 bits per heavy atom. The van der Waals surface area contributed by atoms with Gasteiger partial charge in [-0.05, 0) is 64.2 Å². The fraction of sp³-hybridized carbons (Fsp3) is 0.844. The topological polar surface area (TPSA) is 169 Å². The number of ether oxygens (including phenoxy) is 1. The average Bonchev–Trinajstić information content (AvgIpc) is 3.18. The summed E-state index contributed by atoms with van der Waals surface area (Å²) in [5, 5.41) is 21.8. The molecule has 4 N–H and O–H groups in total. The third-order valence-corrected chi connectivity index (χ3v) is 10.9. The normalized spacial score (nSPS) is 13.9. The highest BCUT2D eigenvalue weighted by Crippen LogP contribution is 2.43. The fourth-order valence-corrected chi connectivity index (χ4v) is 7.14. The van der Waals surface area contributed by atoms with Crippen LogP contribution in [-0.2, 0) is 32.7 Å². The van der Waals surface area contributed by atoms with E-state index in [9.17, 15) is 34.1 Å². The summed E-state index contributed by atoms with van der Waals surface area (Å²) in [6.45, 7) is 2.59. The molecule has 3 atom stereocenters. The summed E-state index contributed by atoms with van der Waals surface area (Å²) in [5.41, 5.74) is 0. The molecule has 0 aromatic rings. The van der Waals surface area contributed by atoms with Crippen molar-refractivity contribution in [2.75, 3.05) is 19.8 Å². The monoisotopic (exact) mass is 830 g/mol. The number of aliphatic carboxylic acids is 1. The Kier molecular flexibility index (Phi) is 39.3. The van der Waals surface area contributed by atoms with E-state index in [-0.39, 0.29) is 12.8 Å². The summed E-state index contributed by atoms with van der Waals surface area (Å²) in [7, 11) is -4.76. The van der Waals surface area contributed by atoms with Crippen LogP contribution in [0.4, 0.5) is 0 Å². The van der Waals surface area contributed by atoms with Crippen molar-refractivity contribution in [1.29, 1.82) is 0 Å².